The minimum Gasteiger partial charge on any atom is -0.365 e. The number of likely N-dealkylation sites (tertiary alicyclic amines) is 1. The molecule has 6 nitrogen and oxygen atoms in total. The summed E-state index contributed by atoms with van der Waals surface area (Å²) in [7, 11) is -3.39. The molecule has 3 fully saturated rings. The molecule has 3 atom stereocenters. The number of ether oxygens (including phenoxy) is 1. The number of hydrogen-bond acceptors (Lipinski definition) is 4. The third-order valence-electron chi connectivity index (χ3n) is 5.46. The van der Waals surface area contributed by atoms with E-state index in [1.807, 2.05) is 13.8 Å². The monoisotopic (exact) mass is 398 g/mol. The number of morpholine rings is 1. The van der Waals surface area contributed by atoms with Crippen LogP contribution in [0.25, 0.3) is 0 Å². The minimum absolute atomic E-state index is 0.102. The Morgan fingerprint density at radius 1 is 1.31 bits per heavy atom. The number of carbonyl (C=O) groups is 1. The van der Waals surface area contributed by atoms with Gasteiger partial charge < -0.3 is 9.64 Å². The zero-order valence-corrected chi connectivity index (χ0v) is 16.5. The molecule has 1 amide bonds. The van der Waals surface area contributed by atoms with E-state index in [4.69, 9.17) is 16.3 Å². The molecule has 0 radical (unpaired) electrons. The molecule has 142 valence electrons. The number of fused-ring (bicyclic) bond motifs is 1. The number of sulfonamides is 1. The van der Waals surface area contributed by atoms with Crippen LogP contribution < -0.4 is 0 Å². The molecule has 1 aromatic rings. The van der Waals surface area contributed by atoms with Crippen molar-refractivity contribution in [1.82, 2.24) is 9.21 Å². The average molecular weight is 399 g/mol. The Bertz CT molecular complexity index is 826. The highest BCUT2D eigenvalue weighted by atomic mass is 35.5. The molecule has 0 aliphatic carbocycles. The fourth-order valence-electron chi connectivity index (χ4n) is 4.45. The van der Waals surface area contributed by atoms with E-state index >= 15 is 0 Å². The van der Waals surface area contributed by atoms with Crippen LogP contribution >= 0.6 is 11.6 Å². The van der Waals surface area contributed by atoms with Crippen molar-refractivity contribution in [3.05, 3.63) is 34.9 Å². The van der Waals surface area contributed by atoms with Crippen molar-refractivity contribution in [2.24, 2.45) is 5.92 Å². The average Bonchev–Trinajstić information content (AvgIpc) is 2.93. The van der Waals surface area contributed by atoms with Gasteiger partial charge in [-0.3, -0.25) is 4.79 Å². The fraction of sp³-hybridized carbons (Fsp3) is 0.611. The molecule has 0 N–H and O–H groups in total. The number of amides is 1. The van der Waals surface area contributed by atoms with Crippen LogP contribution in [-0.4, -0.2) is 66.7 Å². The SMILES string of the molecule is CC(C)CN1C[C@@]23CN(C(=O)c4ccc(Cl)cc4)C[C@@H](C[C@@H]2S1(=O)=O)O3. The predicted octanol–water partition coefficient (Wildman–Crippen LogP) is 1.99. The molecular formula is C18H23ClN2O4S. The normalized spacial score (nSPS) is 32.8. The van der Waals surface area contributed by atoms with Gasteiger partial charge in [-0.2, -0.15) is 4.31 Å². The molecule has 26 heavy (non-hydrogen) atoms. The summed E-state index contributed by atoms with van der Waals surface area (Å²) in [5.41, 5.74) is -0.248. The third kappa shape index (κ3) is 2.85. The lowest BCUT2D eigenvalue weighted by Crippen LogP contribution is -2.56. The summed E-state index contributed by atoms with van der Waals surface area (Å²) in [4.78, 5) is 14.6. The molecular weight excluding hydrogens is 376 g/mol. The summed E-state index contributed by atoms with van der Waals surface area (Å²) in [6.45, 7) is 5.56. The quantitative estimate of drug-likeness (QED) is 0.781. The van der Waals surface area contributed by atoms with Crippen LogP contribution in [0.15, 0.2) is 24.3 Å². The van der Waals surface area contributed by atoms with Crippen LogP contribution in [0.2, 0.25) is 5.02 Å². The maximum Gasteiger partial charge on any atom is 0.254 e. The largest absolute Gasteiger partial charge is 0.365 e. The van der Waals surface area contributed by atoms with Crippen molar-refractivity contribution in [1.29, 1.82) is 0 Å². The highest BCUT2D eigenvalue weighted by Crippen LogP contribution is 2.46. The lowest BCUT2D eigenvalue weighted by atomic mass is 9.98. The second-order valence-corrected chi connectivity index (χ2v) is 10.5. The summed E-state index contributed by atoms with van der Waals surface area (Å²) in [5.74, 6) is 0.140. The van der Waals surface area contributed by atoms with Crippen LogP contribution in [0.1, 0.15) is 30.6 Å². The number of halogens is 1. The lowest BCUT2D eigenvalue weighted by molar-refractivity contribution is -0.0979. The van der Waals surface area contributed by atoms with E-state index in [0.29, 0.717) is 43.2 Å². The highest BCUT2D eigenvalue weighted by molar-refractivity contribution is 7.90. The van der Waals surface area contributed by atoms with E-state index in [0.717, 1.165) is 0 Å². The first-order valence-corrected chi connectivity index (χ1v) is 10.8. The van der Waals surface area contributed by atoms with Gasteiger partial charge in [-0.15, -0.1) is 0 Å². The van der Waals surface area contributed by atoms with Crippen LogP contribution in [0.3, 0.4) is 0 Å². The molecule has 1 spiro atoms. The van der Waals surface area contributed by atoms with E-state index in [9.17, 15) is 13.2 Å². The Labute approximate surface area is 159 Å². The summed E-state index contributed by atoms with van der Waals surface area (Å²) in [5, 5.41) is 0.0234. The number of rotatable bonds is 3. The third-order valence-corrected chi connectivity index (χ3v) is 8.05. The number of nitrogens with zero attached hydrogens (tertiary/aromatic N) is 2. The van der Waals surface area contributed by atoms with Crippen molar-refractivity contribution in [2.45, 2.75) is 37.2 Å². The smallest absolute Gasteiger partial charge is 0.254 e. The van der Waals surface area contributed by atoms with Gasteiger partial charge >= 0.3 is 0 Å². The summed E-state index contributed by atoms with van der Waals surface area (Å²) in [6.07, 6.45) is 0.238. The first-order chi connectivity index (χ1) is 12.2. The van der Waals surface area contributed by atoms with Gasteiger partial charge in [0.1, 0.15) is 10.9 Å². The van der Waals surface area contributed by atoms with Crippen molar-refractivity contribution < 1.29 is 17.9 Å². The summed E-state index contributed by atoms with van der Waals surface area (Å²) < 4.78 is 33.6. The first-order valence-electron chi connectivity index (χ1n) is 8.93. The van der Waals surface area contributed by atoms with Crippen molar-refractivity contribution in [2.75, 3.05) is 26.2 Å². The molecule has 1 aromatic carbocycles. The number of hydrogen-bond donors (Lipinski definition) is 0. The van der Waals surface area contributed by atoms with E-state index in [2.05, 4.69) is 0 Å². The Balaban J connectivity index is 1.60. The van der Waals surface area contributed by atoms with Crippen molar-refractivity contribution in [3.8, 4) is 0 Å². The van der Waals surface area contributed by atoms with Gasteiger partial charge in [0.15, 0.2) is 0 Å². The van der Waals surface area contributed by atoms with Gasteiger partial charge in [0.2, 0.25) is 10.0 Å². The summed E-state index contributed by atoms with van der Waals surface area (Å²) >= 11 is 5.90. The molecule has 3 aliphatic heterocycles. The number of benzene rings is 1. The van der Waals surface area contributed by atoms with Gasteiger partial charge in [0, 0.05) is 30.2 Å². The zero-order chi connectivity index (χ0) is 18.7. The highest BCUT2D eigenvalue weighted by Gasteiger charge is 2.65. The maximum absolute atomic E-state index is 13.0. The molecule has 3 aliphatic rings. The topological polar surface area (TPSA) is 66.9 Å². The van der Waals surface area contributed by atoms with Crippen LogP contribution in [0, 0.1) is 5.92 Å². The molecule has 3 heterocycles. The molecule has 8 heteroatoms. The summed E-state index contributed by atoms with van der Waals surface area (Å²) in [6, 6.07) is 6.78. The van der Waals surface area contributed by atoms with Gasteiger partial charge in [-0.25, -0.2) is 8.42 Å². The van der Waals surface area contributed by atoms with Crippen molar-refractivity contribution in [3.63, 3.8) is 0 Å². The van der Waals surface area contributed by atoms with Crippen molar-refractivity contribution >= 4 is 27.5 Å². The van der Waals surface area contributed by atoms with Crippen LogP contribution in [0.5, 0.6) is 0 Å². The molecule has 4 rings (SSSR count). The lowest BCUT2D eigenvalue weighted by Gasteiger charge is -2.39. The Morgan fingerprint density at radius 3 is 2.65 bits per heavy atom. The van der Waals surface area contributed by atoms with Gasteiger partial charge in [-0.05, 0) is 36.6 Å². The second kappa shape index (κ2) is 6.19. The Kier molecular flexibility index (Phi) is 4.34. The maximum atomic E-state index is 13.0. The minimum atomic E-state index is -3.39. The van der Waals surface area contributed by atoms with E-state index in [-0.39, 0.29) is 17.9 Å². The predicted molar refractivity (Wildman–Crippen MR) is 98.7 cm³/mol. The Morgan fingerprint density at radius 2 is 2.00 bits per heavy atom. The fourth-order valence-corrected chi connectivity index (χ4v) is 7.05. The standard InChI is InChI=1S/C18H23ClN2O4S/c1-12(2)8-21-11-18-10-20(17(22)13-3-5-14(19)6-4-13)9-15(25-18)7-16(18)26(21,23)24/h3-6,12,15-16H,7-11H2,1-2H3/t15-,16+,18+/m1/s1. The second-order valence-electron chi connectivity index (χ2n) is 7.95. The van der Waals surface area contributed by atoms with Gasteiger partial charge in [-0.1, -0.05) is 25.4 Å². The molecule has 2 bridgehead atoms. The van der Waals surface area contributed by atoms with E-state index < -0.39 is 20.9 Å². The number of carbonyl (C=O) groups excluding carboxylic acids is 1. The molecule has 0 saturated carbocycles. The first kappa shape index (κ1) is 18.2. The van der Waals surface area contributed by atoms with Gasteiger partial charge in [0.05, 0.1) is 12.6 Å². The van der Waals surface area contributed by atoms with Gasteiger partial charge in [0.25, 0.3) is 5.91 Å². The molecule has 0 unspecified atom stereocenters. The van der Waals surface area contributed by atoms with E-state index in [1.165, 1.54) is 0 Å². The molecule has 0 aromatic heterocycles. The molecule has 3 saturated heterocycles. The zero-order valence-electron chi connectivity index (χ0n) is 14.9. The van der Waals surface area contributed by atoms with E-state index in [1.54, 1.807) is 33.5 Å². The Hall–Kier alpha value is -1.15. The van der Waals surface area contributed by atoms with Crippen LogP contribution in [-0.2, 0) is 14.8 Å². The van der Waals surface area contributed by atoms with Crippen LogP contribution in [0.4, 0.5) is 0 Å².